The van der Waals surface area contributed by atoms with Gasteiger partial charge in [0.2, 0.25) is 0 Å². The van der Waals surface area contributed by atoms with Crippen LogP contribution in [0, 0.1) is 0 Å². The van der Waals surface area contributed by atoms with E-state index in [-0.39, 0.29) is 5.75 Å². The Kier molecular flexibility index (Phi) is 2.54. The molecule has 0 saturated heterocycles. The van der Waals surface area contributed by atoms with Crippen LogP contribution in [0.25, 0.3) is 10.9 Å². The van der Waals surface area contributed by atoms with Crippen molar-refractivity contribution in [2.45, 2.75) is 6.04 Å². The van der Waals surface area contributed by atoms with Crippen molar-refractivity contribution in [1.29, 1.82) is 0 Å². The van der Waals surface area contributed by atoms with Crippen molar-refractivity contribution in [3.63, 3.8) is 0 Å². The maximum atomic E-state index is 11.2. The highest BCUT2D eigenvalue weighted by atomic mass is 16.5. The maximum absolute atomic E-state index is 11.2. The summed E-state index contributed by atoms with van der Waals surface area (Å²) in [6.45, 7) is 0. The van der Waals surface area contributed by atoms with Crippen LogP contribution >= 0.6 is 0 Å². The zero-order chi connectivity index (χ0) is 11.7. The smallest absolute Gasteiger partial charge is 0.328 e. The number of phenolic OH excluding ortho intramolecular Hbond substituents is 1. The van der Waals surface area contributed by atoms with Gasteiger partial charge in [-0.15, -0.1) is 0 Å². The molecule has 5 nitrogen and oxygen atoms in total. The third-order valence-electron chi connectivity index (χ3n) is 2.42. The van der Waals surface area contributed by atoms with Gasteiger partial charge in [-0.05, 0) is 23.6 Å². The molecule has 16 heavy (non-hydrogen) atoms. The molecular formula is C11H12N2O3. The number of methoxy groups -OCH3 is 1. The number of aromatic nitrogens is 1. The molecule has 1 aromatic carbocycles. The van der Waals surface area contributed by atoms with Crippen LogP contribution in [-0.2, 0) is 9.53 Å². The quantitative estimate of drug-likeness (QED) is 0.660. The van der Waals surface area contributed by atoms with Gasteiger partial charge in [0.15, 0.2) is 0 Å². The van der Waals surface area contributed by atoms with Crippen LogP contribution in [0.4, 0.5) is 0 Å². The van der Waals surface area contributed by atoms with Crippen molar-refractivity contribution >= 4 is 16.9 Å². The highest BCUT2D eigenvalue weighted by molar-refractivity contribution is 5.85. The summed E-state index contributed by atoms with van der Waals surface area (Å²) in [5, 5.41) is 10.2. The van der Waals surface area contributed by atoms with E-state index in [4.69, 9.17) is 5.73 Å². The molecule has 0 fully saturated rings. The van der Waals surface area contributed by atoms with E-state index in [2.05, 4.69) is 9.72 Å². The van der Waals surface area contributed by atoms with Crippen molar-refractivity contribution < 1.29 is 14.6 Å². The molecule has 0 bridgehead atoms. The SMILES string of the molecule is COC(=O)C(N)c1cc2ccc(O)cc2[nH]1. The van der Waals surface area contributed by atoms with Gasteiger partial charge in [0.25, 0.3) is 0 Å². The molecule has 0 aliphatic carbocycles. The molecule has 1 atom stereocenters. The standard InChI is InChI=1S/C11H12N2O3/c1-16-11(15)10(12)9-4-6-2-3-7(14)5-8(6)13-9/h2-5,10,13-14H,12H2,1H3. The van der Waals surface area contributed by atoms with E-state index in [1.165, 1.54) is 7.11 Å². The molecule has 0 aliphatic heterocycles. The summed E-state index contributed by atoms with van der Waals surface area (Å²) in [5.74, 6) is -0.344. The molecule has 2 aromatic rings. The van der Waals surface area contributed by atoms with Crippen LogP contribution in [0.3, 0.4) is 0 Å². The van der Waals surface area contributed by atoms with Gasteiger partial charge in [-0.1, -0.05) is 0 Å². The Morgan fingerprint density at radius 2 is 2.25 bits per heavy atom. The summed E-state index contributed by atoms with van der Waals surface area (Å²) in [6, 6.07) is 5.82. The summed E-state index contributed by atoms with van der Waals surface area (Å²) in [7, 11) is 1.29. The van der Waals surface area contributed by atoms with E-state index in [0.717, 1.165) is 10.9 Å². The highest BCUT2D eigenvalue weighted by Crippen LogP contribution is 2.23. The molecule has 4 N–H and O–H groups in total. The minimum absolute atomic E-state index is 0.160. The van der Waals surface area contributed by atoms with Crippen molar-refractivity contribution in [2.75, 3.05) is 7.11 Å². The molecule has 84 valence electrons. The summed E-state index contributed by atoms with van der Waals surface area (Å²) >= 11 is 0. The van der Waals surface area contributed by atoms with Gasteiger partial charge in [-0.2, -0.15) is 0 Å². The number of H-pyrrole nitrogens is 1. The predicted molar refractivity (Wildman–Crippen MR) is 58.9 cm³/mol. The zero-order valence-corrected chi connectivity index (χ0v) is 8.73. The van der Waals surface area contributed by atoms with Crippen LogP contribution in [0.15, 0.2) is 24.3 Å². The molecule has 0 aliphatic rings. The number of carbonyl (C=O) groups is 1. The molecule has 0 amide bonds. The van der Waals surface area contributed by atoms with Crippen LogP contribution in [0.5, 0.6) is 5.75 Å². The lowest BCUT2D eigenvalue weighted by Crippen LogP contribution is -2.22. The number of benzene rings is 1. The summed E-state index contributed by atoms with van der Waals surface area (Å²) in [6.07, 6.45) is 0. The Bertz CT molecular complexity index is 533. The predicted octanol–water partition coefficient (Wildman–Crippen LogP) is 1.05. The summed E-state index contributed by atoms with van der Waals surface area (Å²) in [4.78, 5) is 14.2. The normalized spacial score (nSPS) is 12.6. The van der Waals surface area contributed by atoms with Crippen molar-refractivity contribution in [1.82, 2.24) is 4.98 Å². The van der Waals surface area contributed by atoms with Crippen molar-refractivity contribution in [2.24, 2.45) is 5.73 Å². The molecule has 2 rings (SSSR count). The first kappa shape index (κ1) is 10.5. The molecular weight excluding hydrogens is 208 g/mol. The number of esters is 1. The van der Waals surface area contributed by atoms with Gasteiger partial charge in [-0.25, -0.2) is 4.79 Å². The van der Waals surface area contributed by atoms with Crippen LogP contribution < -0.4 is 5.73 Å². The summed E-state index contributed by atoms with van der Waals surface area (Å²) < 4.78 is 4.55. The van der Waals surface area contributed by atoms with Crippen LogP contribution in [0.2, 0.25) is 0 Å². The first-order valence-electron chi connectivity index (χ1n) is 4.77. The second-order valence-electron chi connectivity index (χ2n) is 3.50. The van der Waals surface area contributed by atoms with Crippen LogP contribution in [0.1, 0.15) is 11.7 Å². The third-order valence-corrected chi connectivity index (χ3v) is 2.42. The fourth-order valence-corrected chi connectivity index (χ4v) is 1.56. The molecule has 0 spiro atoms. The fourth-order valence-electron chi connectivity index (χ4n) is 1.56. The number of aromatic amines is 1. The minimum atomic E-state index is -0.834. The second kappa shape index (κ2) is 3.86. The van der Waals surface area contributed by atoms with Crippen molar-refractivity contribution in [3.05, 3.63) is 30.0 Å². The lowest BCUT2D eigenvalue weighted by Gasteiger charge is -2.05. The Morgan fingerprint density at radius 1 is 1.50 bits per heavy atom. The largest absolute Gasteiger partial charge is 0.508 e. The Labute approximate surface area is 91.8 Å². The van der Waals surface area contributed by atoms with Crippen molar-refractivity contribution in [3.8, 4) is 5.75 Å². The van der Waals surface area contributed by atoms with Gasteiger partial charge in [0.1, 0.15) is 11.8 Å². The van der Waals surface area contributed by atoms with E-state index in [0.29, 0.717) is 5.69 Å². The zero-order valence-electron chi connectivity index (χ0n) is 8.73. The molecule has 0 saturated carbocycles. The first-order valence-corrected chi connectivity index (χ1v) is 4.77. The Balaban J connectivity index is 2.43. The molecule has 1 unspecified atom stereocenters. The van der Waals surface area contributed by atoms with Crippen LogP contribution in [-0.4, -0.2) is 23.2 Å². The average molecular weight is 220 g/mol. The van der Waals surface area contributed by atoms with E-state index in [1.54, 1.807) is 24.3 Å². The average Bonchev–Trinajstić information content (AvgIpc) is 2.69. The number of nitrogens with two attached hydrogens (primary N) is 1. The molecule has 1 aromatic heterocycles. The number of fused-ring (bicyclic) bond motifs is 1. The number of nitrogens with one attached hydrogen (secondary N) is 1. The van der Waals surface area contributed by atoms with Gasteiger partial charge >= 0.3 is 5.97 Å². The Morgan fingerprint density at radius 3 is 2.94 bits per heavy atom. The van der Waals surface area contributed by atoms with Gasteiger partial charge < -0.3 is 20.6 Å². The third kappa shape index (κ3) is 1.72. The number of carbonyl (C=O) groups excluding carboxylic acids is 1. The van der Waals surface area contributed by atoms with E-state index in [1.807, 2.05) is 0 Å². The molecule has 5 heteroatoms. The monoisotopic (exact) mass is 220 g/mol. The lowest BCUT2D eigenvalue weighted by atomic mass is 10.2. The number of aromatic hydroxyl groups is 1. The topological polar surface area (TPSA) is 88.3 Å². The number of hydrogen-bond donors (Lipinski definition) is 3. The highest BCUT2D eigenvalue weighted by Gasteiger charge is 2.18. The number of hydrogen-bond acceptors (Lipinski definition) is 4. The minimum Gasteiger partial charge on any atom is -0.508 e. The number of rotatable bonds is 2. The second-order valence-corrected chi connectivity index (χ2v) is 3.50. The number of phenols is 1. The molecule has 1 heterocycles. The van der Waals surface area contributed by atoms with Gasteiger partial charge in [0.05, 0.1) is 7.11 Å². The fraction of sp³-hybridized carbons (Fsp3) is 0.182. The van der Waals surface area contributed by atoms with Gasteiger partial charge in [-0.3, -0.25) is 0 Å². The van der Waals surface area contributed by atoms with E-state index >= 15 is 0 Å². The van der Waals surface area contributed by atoms with E-state index < -0.39 is 12.0 Å². The lowest BCUT2D eigenvalue weighted by molar-refractivity contribution is -0.142. The van der Waals surface area contributed by atoms with Gasteiger partial charge in [0, 0.05) is 17.3 Å². The summed E-state index contributed by atoms with van der Waals surface area (Å²) in [5.41, 5.74) is 6.98. The maximum Gasteiger partial charge on any atom is 0.328 e. The molecule has 0 radical (unpaired) electrons. The first-order chi connectivity index (χ1) is 7.61. The van der Waals surface area contributed by atoms with E-state index in [9.17, 15) is 9.90 Å². The Hall–Kier alpha value is -2.01. The number of ether oxygens (including phenoxy) is 1.